The number of hydrogen-bond donors (Lipinski definition) is 0. The molecule has 0 aliphatic carbocycles. The zero-order valence-electron chi connectivity index (χ0n) is 2.97. The second-order valence-corrected chi connectivity index (χ2v) is 1.33. The summed E-state index contributed by atoms with van der Waals surface area (Å²) < 4.78 is 0. The zero-order chi connectivity index (χ0) is 4.41. The first-order valence-electron chi connectivity index (χ1n) is 1.56. The van der Waals surface area contributed by atoms with Crippen LogP contribution in [0, 0.1) is 6.42 Å². The van der Waals surface area contributed by atoms with Crippen molar-refractivity contribution in [3.8, 4) is 0 Å². The number of alkyl halides is 1. The Morgan fingerprint density at radius 3 is 2.83 bits per heavy atom. The zero-order valence-corrected chi connectivity index (χ0v) is 3.72. The lowest BCUT2D eigenvalue weighted by atomic mass is 10.5. The van der Waals surface area contributed by atoms with Crippen LogP contribution in [-0.2, 0) is 4.84 Å². The molecule has 0 bridgehead atoms. The summed E-state index contributed by atoms with van der Waals surface area (Å²) in [6.45, 7) is 0. The molecule has 1 unspecified atom stereocenters. The molecule has 1 heterocycles. The maximum Gasteiger partial charge on any atom is 0.208 e. The molecule has 6 heavy (non-hydrogen) atoms. The van der Waals surface area contributed by atoms with Gasteiger partial charge in [0.15, 0.2) is 0 Å². The van der Waals surface area contributed by atoms with Gasteiger partial charge in [-0.1, -0.05) is 16.8 Å². The molecule has 0 saturated heterocycles. The fourth-order valence-corrected chi connectivity index (χ4v) is 0.342. The topological polar surface area (TPSA) is 21.6 Å². The SMILES string of the molecule is ClC1[CH]C=NO1. The summed E-state index contributed by atoms with van der Waals surface area (Å²) in [7, 11) is 0. The van der Waals surface area contributed by atoms with Gasteiger partial charge >= 0.3 is 0 Å². The monoisotopic (exact) mass is 104 g/mol. The van der Waals surface area contributed by atoms with Crippen LogP contribution < -0.4 is 0 Å². The Labute approximate surface area is 40.7 Å². The predicted molar refractivity (Wildman–Crippen MR) is 23.5 cm³/mol. The summed E-state index contributed by atoms with van der Waals surface area (Å²) in [5.41, 5.74) is -0.329. The molecule has 3 heteroatoms. The van der Waals surface area contributed by atoms with Crippen LogP contribution in [0.5, 0.6) is 0 Å². The van der Waals surface area contributed by atoms with Gasteiger partial charge in [-0.25, -0.2) is 0 Å². The maximum atomic E-state index is 5.31. The van der Waals surface area contributed by atoms with Crippen molar-refractivity contribution in [2.24, 2.45) is 5.16 Å². The second kappa shape index (κ2) is 1.47. The van der Waals surface area contributed by atoms with Gasteiger partial charge in [0.05, 0.1) is 12.6 Å². The minimum Gasteiger partial charge on any atom is -0.376 e. The van der Waals surface area contributed by atoms with Crippen molar-refractivity contribution >= 4 is 17.8 Å². The molecular weight excluding hydrogens is 101 g/mol. The van der Waals surface area contributed by atoms with E-state index in [9.17, 15) is 0 Å². The average molecular weight is 105 g/mol. The highest BCUT2D eigenvalue weighted by Gasteiger charge is 2.06. The minimum absolute atomic E-state index is 0.329. The summed E-state index contributed by atoms with van der Waals surface area (Å²) in [6.07, 6.45) is 3.18. The molecule has 1 radical (unpaired) electrons. The summed E-state index contributed by atoms with van der Waals surface area (Å²) in [5.74, 6) is 0. The number of oxime groups is 1. The molecule has 0 aromatic carbocycles. The van der Waals surface area contributed by atoms with E-state index < -0.39 is 0 Å². The molecule has 1 aliphatic heterocycles. The van der Waals surface area contributed by atoms with E-state index in [2.05, 4.69) is 9.99 Å². The van der Waals surface area contributed by atoms with Crippen molar-refractivity contribution in [1.82, 2.24) is 0 Å². The summed E-state index contributed by atoms with van der Waals surface area (Å²) in [4.78, 5) is 4.43. The van der Waals surface area contributed by atoms with Gasteiger partial charge in [-0.3, -0.25) is 0 Å². The first kappa shape index (κ1) is 3.93. The molecule has 0 fully saturated rings. The van der Waals surface area contributed by atoms with Crippen molar-refractivity contribution in [3.05, 3.63) is 6.42 Å². The van der Waals surface area contributed by atoms with Gasteiger partial charge in [0.2, 0.25) is 5.56 Å². The molecule has 0 spiro atoms. The minimum atomic E-state index is -0.329. The Balaban J connectivity index is 2.32. The van der Waals surface area contributed by atoms with E-state index in [1.165, 1.54) is 6.21 Å². The second-order valence-electron chi connectivity index (χ2n) is 0.903. The molecular formula is C3H3ClNO. The van der Waals surface area contributed by atoms with Gasteiger partial charge in [-0.15, -0.1) is 0 Å². The van der Waals surface area contributed by atoms with Gasteiger partial charge in [0.25, 0.3) is 0 Å². The fraction of sp³-hybridized carbons (Fsp3) is 0.333. The summed E-state index contributed by atoms with van der Waals surface area (Å²) >= 11 is 5.31. The molecule has 0 aromatic rings. The van der Waals surface area contributed by atoms with Crippen molar-refractivity contribution in [2.45, 2.75) is 5.56 Å². The Bertz CT molecular complexity index is 65.2. The average Bonchev–Trinajstić information content (AvgIpc) is 1.86. The maximum absolute atomic E-state index is 5.31. The first-order valence-corrected chi connectivity index (χ1v) is 2.00. The van der Waals surface area contributed by atoms with E-state index in [0.717, 1.165) is 0 Å². The van der Waals surface area contributed by atoms with E-state index in [1.807, 2.05) is 0 Å². The lowest BCUT2D eigenvalue weighted by Gasteiger charge is -1.90. The summed E-state index contributed by atoms with van der Waals surface area (Å²) in [6, 6.07) is 0. The highest BCUT2D eigenvalue weighted by Crippen LogP contribution is 2.05. The van der Waals surface area contributed by atoms with Crippen molar-refractivity contribution < 1.29 is 4.84 Å². The van der Waals surface area contributed by atoms with E-state index in [0.29, 0.717) is 0 Å². The van der Waals surface area contributed by atoms with Crippen LogP contribution in [0.15, 0.2) is 5.16 Å². The quantitative estimate of drug-likeness (QED) is 0.416. The Hall–Kier alpha value is -0.240. The molecule has 1 rings (SSSR count). The third-order valence-electron chi connectivity index (χ3n) is 0.460. The van der Waals surface area contributed by atoms with E-state index in [-0.39, 0.29) is 5.56 Å². The molecule has 2 nitrogen and oxygen atoms in total. The fourth-order valence-electron chi connectivity index (χ4n) is 0.231. The van der Waals surface area contributed by atoms with Gasteiger partial charge in [-0.05, 0) is 0 Å². The van der Waals surface area contributed by atoms with Crippen LogP contribution >= 0.6 is 11.6 Å². The summed E-state index contributed by atoms with van der Waals surface area (Å²) in [5, 5.41) is 3.35. The number of hydrogen-bond acceptors (Lipinski definition) is 2. The normalized spacial score (nSPS) is 30.5. The van der Waals surface area contributed by atoms with Crippen LogP contribution in [0.25, 0.3) is 0 Å². The Morgan fingerprint density at radius 2 is 2.67 bits per heavy atom. The van der Waals surface area contributed by atoms with E-state index in [4.69, 9.17) is 11.6 Å². The molecule has 0 aromatic heterocycles. The van der Waals surface area contributed by atoms with Gasteiger partial charge in [0, 0.05) is 0 Å². The highest BCUT2D eigenvalue weighted by atomic mass is 35.5. The molecule has 0 N–H and O–H groups in total. The lowest BCUT2D eigenvalue weighted by Crippen LogP contribution is -1.91. The largest absolute Gasteiger partial charge is 0.376 e. The molecule has 33 valence electrons. The smallest absolute Gasteiger partial charge is 0.208 e. The van der Waals surface area contributed by atoms with Crippen LogP contribution in [0.3, 0.4) is 0 Å². The molecule has 0 saturated carbocycles. The molecule has 0 amide bonds. The van der Waals surface area contributed by atoms with Crippen LogP contribution in [0.4, 0.5) is 0 Å². The third kappa shape index (κ3) is 0.627. The Kier molecular flexibility index (Phi) is 0.965. The van der Waals surface area contributed by atoms with Crippen LogP contribution in [-0.4, -0.2) is 11.8 Å². The highest BCUT2D eigenvalue weighted by molar-refractivity contribution is 6.22. The Morgan fingerprint density at radius 1 is 1.83 bits per heavy atom. The lowest BCUT2D eigenvalue weighted by molar-refractivity contribution is 0.157. The van der Waals surface area contributed by atoms with Gasteiger partial charge in [-0.2, -0.15) is 0 Å². The van der Waals surface area contributed by atoms with Crippen molar-refractivity contribution in [3.63, 3.8) is 0 Å². The molecule has 1 aliphatic rings. The van der Waals surface area contributed by atoms with Gasteiger partial charge in [0.1, 0.15) is 0 Å². The first-order chi connectivity index (χ1) is 2.89. The van der Waals surface area contributed by atoms with Gasteiger partial charge < -0.3 is 4.84 Å². The van der Waals surface area contributed by atoms with E-state index in [1.54, 1.807) is 6.42 Å². The number of rotatable bonds is 0. The third-order valence-corrected chi connectivity index (χ3v) is 0.685. The van der Waals surface area contributed by atoms with Crippen LogP contribution in [0.2, 0.25) is 0 Å². The molecule has 1 atom stereocenters. The number of nitrogens with zero attached hydrogens (tertiary/aromatic N) is 1. The van der Waals surface area contributed by atoms with Crippen LogP contribution in [0.1, 0.15) is 0 Å². The standard InChI is InChI=1S/C3H3ClNO/c4-3-1-2-5-6-3/h1-3H. The van der Waals surface area contributed by atoms with Crippen molar-refractivity contribution in [2.75, 3.05) is 0 Å². The number of halogens is 1. The predicted octanol–water partition coefficient (Wildman–Crippen LogP) is 0.772. The van der Waals surface area contributed by atoms with E-state index >= 15 is 0 Å². The van der Waals surface area contributed by atoms with Crippen molar-refractivity contribution in [1.29, 1.82) is 0 Å².